The lowest BCUT2D eigenvalue weighted by molar-refractivity contribution is -0.281. The summed E-state index contributed by atoms with van der Waals surface area (Å²) in [7, 11) is 1.63. The van der Waals surface area contributed by atoms with E-state index in [0.29, 0.717) is 49.5 Å². The SMILES string of the molecule is COC1(O[C@H]2C[C@H](n3cnc4c(N)ncnc43)O[C@@H]2CO)CCOCC1. The van der Waals surface area contributed by atoms with Crippen LogP contribution in [0.4, 0.5) is 5.82 Å². The van der Waals surface area contributed by atoms with Gasteiger partial charge in [-0.25, -0.2) is 15.0 Å². The molecular weight excluding hydrogens is 342 g/mol. The third-order valence-electron chi connectivity index (χ3n) is 5.05. The van der Waals surface area contributed by atoms with Crippen LogP contribution in [0.3, 0.4) is 0 Å². The molecule has 4 heterocycles. The highest BCUT2D eigenvalue weighted by atomic mass is 16.7. The number of imidazole rings is 1. The number of nitrogens with two attached hydrogens (primary N) is 1. The number of hydrogen-bond donors (Lipinski definition) is 2. The van der Waals surface area contributed by atoms with Crippen molar-refractivity contribution in [1.29, 1.82) is 0 Å². The first-order chi connectivity index (χ1) is 12.7. The Bertz CT molecular complexity index is 763. The summed E-state index contributed by atoms with van der Waals surface area (Å²) in [6.07, 6.45) is 3.67. The topological polar surface area (TPSA) is 127 Å². The zero-order valence-electron chi connectivity index (χ0n) is 14.6. The van der Waals surface area contributed by atoms with E-state index in [0.717, 1.165) is 0 Å². The van der Waals surface area contributed by atoms with Crippen LogP contribution in [0.2, 0.25) is 0 Å². The van der Waals surface area contributed by atoms with Crippen molar-refractivity contribution in [3.63, 3.8) is 0 Å². The van der Waals surface area contributed by atoms with Gasteiger partial charge in [0.15, 0.2) is 17.3 Å². The highest BCUT2D eigenvalue weighted by Crippen LogP contribution is 2.37. The number of aliphatic hydroxyl groups is 1. The van der Waals surface area contributed by atoms with Crippen molar-refractivity contribution < 1.29 is 24.1 Å². The van der Waals surface area contributed by atoms with E-state index in [9.17, 15) is 5.11 Å². The maximum absolute atomic E-state index is 9.75. The molecule has 0 unspecified atom stereocenters. The lowest BCUT2D eigenvalue weighted by Gasteiger charge is -2.38. The van der Waals surface area contributed by atoms with Gasteiger partial charge >= 0.3 is 0 Å². The summed E-state index contributed by atoms with van der Waals surface area (Å²) < 4.78 is 25.1. The third-order valence-corrected chi connectivity index (χ3v) is 5.05. The van der Waals surface area contributed by atoms with E-state index in [1.165, 1.54) is 6.33 Å². The number of rotatable bonds is 5. The Hall–Kier alpha value is -1.85. The largest absolute Gasteiger partial charge is 0.394 e. The minimum absolute atomic E-state index is 0.152. The molecule has 3 atom stereocenters. The molecular formula is C16H23N5O5. The van der Waals surface area contributed by atoms with Gasteiger partial charge in [0.05, 0.1) is 32.3 Å². The second kappa shape index (κ2) is 7.05. The molecule has 142 valence electrons. The molecule has 0 radical (unpaired) electrons. The highest BCUT2D eigenvalue weighted by molar-refractivity contribution is 5.81. The number of hydrogen-bond acceptors (Lipinski definition) is 9. The number of nitrogens with zero attached hydrogens (tertiary/aromatic N) is 4. The van der Waals surface area contributed by atoms with E-state index in [1.807, 2.05) is 0 Å². The normalized spacial score (nSPS) is 28.6. The number of nitrogen functional groups attached to an aromatic ring is 1. The third kappa shape index (κ3) is 3.03. The summed E-state index contributed by atoms with van der Waals surface area (Å²) >= 11 is 0. The molecule has 2 saturated heterocycles. The summed E-state index contributed by atoms with van der Waals surface area (Å²) in [5.41, 5.74) is 6.96. The van der Waals surface area contributed by atoms with Gasteiger partial charge in [0.1, 0.15) is 24.2 Å². The van der Waals surface area contributed by atoms with Crippen molar-refractivity contribution in [3.8, 4) is 0 Å². The Labute approximate surface area is 150 Å². The van der Waals surface area contributed by atoms with Crippen LogP contribution in [-0.2, 0) is 18.9 Å². The molecule has 0 spiro atoms. The number of methoxy groups -OCH3 is 1. The summed E-state index contributed by atoms with van der Waals surface area (Å²) in [4.78, 5) is 12.5. The minimum atomic E-state index is -0.710. The van der Waals surface area contributed by atoms with E-state index in [4.69, 9.17) is 24.7 Å². The van der Waals surface area contributed by atoms with Crippen molar-refractivity contribution in [3.05, 3.63) is 12.7 Å². The van der Waals surface area contributed by atoms with Crippen LogP contribution in [-0.4, -0.2) is 69.6 Å². The number of aromatic nitrogens is 4. The molecule has 0 amide bonds. The molecule has 0 aliphatic carbocycles. The second-order valence-electron chi connectivity index (χ2n) is 6.51. The predicted molar refractivity (Wildman–Crippen MR) is 90.0 cm³/mol. The van der Waals surface area contributed by atoms with Crippen molar-refractivity contribution in [2.24, 2.45) is 0 Å². The van der Waals surface area contributed by atoms with Crippen LogP contribution in [0.1, 0.15) is 25.5 Å². The van der Waals surface area contributed by atoms with E-state index >= 15 is 0 Å². The lowest BCUT2D eigenvalue weighted by Crippen LogP contribution is -2.46. The molecule has 26 heavy (non-hydrogen) atoms. The molecule has 2 aromatic rings. The van der Waals surface area contributed by atoms with Gasteiger partial charge in [0.25, 0.3) is 0 Å². The molecule has 4 rings (SSSR count). The molecule has 3 N–H and O–H groups in total. The summed E-state index contributed by atoms with van der Waals surface area (Å²) in [6, 6.07) is 0. The zero-order valence-corrected chi connectivity index (χ0v) is 14.6. The Morgan fingerprint density at radius 1 is 1.35 bits per heavy atom. The van der Waals surface area contributed by atoms with E-state index in [2.05, 4.69) is 15.0 Å². The zero-order chi connectivity index (χ0) is 18.1. The average Bonchev–Trinajstić information content (AvgIpc) is 3.27. The standard InChI is InChI=1S/C16H23N5O5/c1-23-16(2-4-24-5-3-16)26-10-6-12(25-11(10)7-22)21-9-20-13-14(17)18-8-19-15(13)21/h8-12,22H,2-7H2,1H3,(H2,17,18,19)/t10-,11+,12+/m0/s1. The van der Waals surface area contributed by atoms with Crippen LogP contribution < -0.4 is 5.73 Å². The molecule has 10 nitrogen and oxygen atoms in total. The van der Waals surface area contributed by atoms with Crippen LogP contribution in [0.5, 0.6) is 0 Å². The number of anilines is 1. The van der Waals surface area contributed by atoms with Gasteiger partial charge < -0.3 is 29.8 Å². The number of aliphatic hydroxyl groups excluding tert-OH is 1. The Kier molecular flexibility index (Phi) is 4.76. The molecule has 0 bridgehead atoms. The predicted octanol–water partition coefficient (Wildman–Crippen LogP) is 0.227. The van der Waals surface area contributed by atoms with E-state index in [-0.39, 0.29) is 18.9 Å². The minimum Gasteiger partial charge on any atom is -0.394 e. The van der Waals surface area contributed by atoms with Crippen LogP contribution in [0.15, 0.2) is 12.7 Å². The van der Waals surface area contributed by atoms with Gasteiger partial charge in [-0.1, -0.05) is 0 Å². The van der Waals surface area contributed by atoms with Gasteiger partial charge in [-0.2, -0.15) is 0 Å². The van der Waals surface area contributed by atoms with Crippen LogP contribution >= 0.6 is 0 Å². The van der Waals surface area contributed by atoms with Crippen molar-refractivity contribution >= 4 is 17.0 Å². The first kappa shape index (κ1) is 17.6. The first-order valence-corrected chi connectivity index (χ1v) is 8.66. The van der Waals surface area contributed by atoms with Crippen molar-refractivity contribution in [1.82, 2.24) is 19.5 Å². The van der Waals surface area contributed by atoms with Gasteiger partial charge in [-0.15, -0.1) is 0 Å². The molecule has 2 aliphatic heterocycles. The summed E-state index contributed by atoms with van der Waals surface area (Å²) in [5.74, 6) is -0.392. The number of ether oxygens (including phenoxy) is 4. The fraction of sp³-hybridized carbons (Fsp3) is 0.688. The fourth-order valence-electron chi connectivity index (χ4n) is 3.57. The maximum atomic E-state index is 9.75. The smallest absolute Gasteiger partial charge is 0.172 e. The average molecular weight is 365 g/mol. The maximum Gasteiger partial charge on any atom is 0.172 e. The molecule has 2 aromatic heterocycles. The van der Waals surface area contributed by atoms with Crippen molar-refractivity contribution in [2.75, 3.05) is 32.7 Å². The van der Waals surface area contributed by atoms with Gasteiger partial charge in [0, 0.05) is 26.4 Å². The Morgan fingerprint density at radius 3 is 2.88 bits per heavy atom. The van der Waals surface area contributed by atoms with Gasteiger partial charge in [0.2, 0.25) is 0 Å². The number of fused-ring (bicyclic) bond motifs is 1. The quantitative estimate of drug-likeness (QED) is 0.716. The molecule has 10 heteroatoms. The molecule has 2 fully saturated rings. The molecule has 2 aliphatic rings. The van der Waals surface area contributed by atoms with E-state index in [1.54, 1.807) is 18.0 Å². The van der Waals surface area contributed by atoms with Gasteiger partial charge in [-0.3, -0.25) is 4.57 Å². The van der Waals surface area contributed by atoms with Gasteiger partial charge in [-0.05, 0) is 0 Å². The first-order valence-electron chi connectivity index (χ1n) is 8.66. The fourth-order valence-corrected chi connectivity index (χ4v) is 3.57. The van der Waals surface area contributed by atoms with Crippen LogP contribution in [0, 0.1) is 0 Å². The monoisotopic (exact) mass is 365 g/mol. The van der Waals surface area contributed by atoms with Crippen LogP contribution in [0.25, 0.3) is 11.2 Å². The lowest BCUT2D eigenvalue weighted by atomic mass is 10.1. The molecule has 0 saturated carbocycles. The Morgan fingerprint density at radius 2 is 2.15 bits per heavy atom. The Balaban J connectivity index is 1.56. The summed E-state index contributed by atoms with van der Waals surface area (Å²) in [5, 5.41) is 9.75. The van der Waals surface area contributed by atoms with Crippen molar-refractivity contribution in [2.45, 2.75) is 43.5 Å². The molecule has 0 aromatic carbocycles. The highest BCUT2D eigenvalue weighted by Gasteiger charge is 2.44. The van der Waals surface area contributed by atoms with E-state index < -0.39 is 11.9 Å². The second-order valence-corrected chi connectivity index (χ2v) is 6.51. The summed E-state index contributed by atoms with van der Waals surface area (Å²) in [6.45, 7) is 1.01.